The Morgan fingerprint density at radius 1 is 1.10 bits per heavy atom. The topological polar surface area (TPSA) is 45.1 Å². The molecule has 1 fully saturated rings. The van der Waals surface area contributed by atoms with Crippen LogP contribution in [0.3, 0.4) is 0 Å². The summed E-state index contributed by atoms with van der Waals surface area (Å²) in [5.74, 6) is 0.313. The maximum Gasteiger partial charge on any atom is 0.140 e. The van der Waals surface area contributed by atoms with Crippen LogP contribution in [-0.4, -0.2) is 22.9 Å². The van der Waals surface area contributed by atoms with Crippen LogP contribution >= 0.6 is 11.6 Å². The highest BCUT2D eigenvalue weighted by atomic mass is 35.5. The van der Waals surface area contributed by atoms with Gasteiger partial charge in [-0.05, 0) is 5.56 Å². The average Bonchev–Trinajstić information content (AvgIpc) is 3.26. The van der Waals surface area contributed by atoms with Gasteiger partial charge in [0.25, 0.3) is 0 Å². The summed E-state index contributed by atoms with van der Waals surface area (Å²) in [4.78, 5) is 0. The summed E-state index contributed by atoms with van der Waals surface area (Å²) in [6.45, 7) is 0. The lowest BCUT2D eigenvalue weighted by Crippen LogP contribution is -2.21. The summed E-state index contributed by atoms with van der Waals surface area (Å²) in [6, 6.07) is 19.3. The second kappa shape index (κ2) is 5.27. The van der Waals surface area contributed by atoms with Crippen molar-refractivity contribution in [1.82, 2.24) is 0 Å². The zero-order chi connectivity index (χ0) is 14.0. The summed E-state index contributed by atoms with van der Waals surface area (Å²) in [6.07, 6.45) is -0.324. The van der Waals surface area contributed by atoms with E-state index in [1.807, 2.05) is 60.7 Å². The van der Waals surface area contributed by atoms with Crippen LogP contribution in [0.2, 0.25) is 0 Å². The quantitative estimate of drug-likeness (QED) is 0.308. The Morgan fingerprint density at radius 3 is 2.25 bits per heavy atom. The third-order valence-corrected chi connectivity index (χ3v) is 3.98. The van der Waals surface area contributed by atoms with Gasteiger partial charge in [0, 0.05) is 5.56 Å². The van der Waals surface area contributed by atoms with Gasteiger partial charge < -0.3 is 9.94 Å². The van der Waals surface area contributed by atoms with E-state index in [-0.39, 0.29) is 6.10 Å². The standard InChI is InChI=1S/C16H14ClNO2/c17-11-16(13-9-5-2-6-10-13)15(20-16)14(18-19)12-7-3-1-4-8-12/h1-10,15,19H,11H2. The molecule has 1 aliphatic rings. The fourth-order valence-corrected chi connectivity index (χ4v) is 2.80. The van der Waals surface area contributed by atoms with Crippen LogP contribution in [0.15, 0.2) is 65.8 Å². The number of rotatable bonds is 4. The zero-order valence-corrected chi connectivity index (χ0v) is 11.5. The summed E-state index contributed by atoms with van der Waals surface area (Å²) in [7, 11) is 0. The molecule has 4 heteroatoms. The zero-order valence-electron chi connectivity index (χ0n) is 10.7. The molecule has 0 spiro atoms. The summed E-state index contributed by atoms with van der Waals surface area (Å²) in [5.41, 5.74) is 1.75. The van der Waals surface area contributed by atoms with Crippen LogP contribution < -0.4 is 0 Å². The minimum absolute atomic E-state index is 0.313. The van der Waals surface area contributed by atoms with E-state index in [1.54, 1.807) is 0 Å². The Hall–Kier alpha value is -1.84. The maximum atomic E-state index is 9.33. The summed E-state index contributed by atoms with van der Waals surface area (Å²) >= 11 is 6.11. The first-order chi connectivity index (χ1) is 9.81. The Bertz CT molecular complexity index is 615. The van der Waals surface area contributed by atoms with Crippen molar-refractivity contribution in [2.45, 2.75) is 11.7 Å². The van der Waals surface area contributed by atoms with Gasteiger partial charge in [-0.3, -0.25) is 0 Å². The van der Waals surface area contributed by atoms with Gasteiger partial charge in [-0.25, -0.2) is 0 Å². The molecule has 20 heavy (non-hydrogen) atoms. The molecule has 1 aliphatic heterocycles. The van der Waals surface area contributed by atoms with Gasteiger partial charge in [0.2, 0.25) is 0 Å². The lowest BCUT2D eigenvalue weighted by atomic mass is 9.92. The van der Waals surface area contributed by atoms with E-state index in [2.05, 4.69) is 5.16 Å². The van der Waals surface area contributed by atoms with E-state index in [4.69, 9.17) is 16.3 Å². The van der Waals surface area contributed by atoms with Crippen molar-refractivity contribution < 1.29 is 9.94 Å². The third-order valence-electron chi connectivity index (χ3n) is 3.58. The average molecular weight is 288 g/mol. The molecule has 0 saturated carbocycles. The molecule has 0 bridgehead atoms. The molecule has 2 atom stereocenters. The SMILES string of the molecule is ON=C(c1ccccc1)C1OC1(CCl)c1ccccc1. The monoisotopic (exact) mass is 287 g/mol. The minimum Gasteiger partial charge on any atom is -0.411 e. The molecule has 102 valence electrons. The van der Waals surface area contributed by atoms with Crippen molar-refractivity contribution in [3.8, 4) is 0 Å². The number of halogens is 1. The van der Waals surface area contributed by atoms with Crippen LogP contribution in [0.4, 0.5) is 0 Å². The molecule has 1 N–H and O–H groups in total. The van der Waals surface area contributed by atoms with Gasteiger partial charge in [0.05, 0.1) is 5.88 Å². The minimum atomic E-state index is -0.597. The largest absolute Gasteiger partial charge is 0.411 e. The molecular formula is C16H14ClNO2. The molecule has 1 heterocycles. The van der Waals surface area contributed by atoms with Gasteiger partial charge in [0.15, 0.2) is 0 Å². The van der Waals surface area contributed by atoms with Crippen molar-refractivity contribution in [2.75, 3.05) is 5.88 Å². The van der Waals surface area contributed by atoms with E-state index < -0.39 is 5.60 Å². The number of nitrogens with zero attached hydrogens (tertiary/aromatic N) is 1. The van der Waals surface area contributed by atoms with E-state index in [0.717, 1.165) is 11.1 Å². The number of ether oxygens (including phenoxy) is 1. The highest BCUT2D eigenvalue weighted by Gasteiger charge is 2.60. The second-order valence-corrected chi connectivity index (χ2v) is 5.01. The van der Waals surface area contributed by atoms with Gasteiger partial charge in [-0.1, -0.05) is 65.8 Å². The molecule has 2 aromatic rings. The molecule has 1 saturated heterocycles. The van der Waals surface area contributed by atoms with E-state index in [1.165, 1.54) is 0 Å². The molecule has 3 rings (SSSR count). The van der Waals surface area contributed by atoms with E-state index in [9.17, 15) is 5.21 Å². The highest BCUT2D eigenvalue weighted by Crippen LogP contribution is 2.48. The predicted molar refractivity (Wildman–Crippen MR) is 78.5 cm³/mol. The van der Waals surface area contributed by atoms with E-state index in [0.29, 0.717) is 11.6 Å². The highest BCUT2D eigenvalue weighted by molar-refractivity contribution is 6.19. The molecule has 2 unspecified atom stereocenters. The first kappa shape index (κ1) is 13.2. The molecule has 3 nitrogen and oxygen atoms in total. The van der Waals surface area contributed by atoms with Crippen molar-refractivity contribution >= 4 is 17.3 Å². The fraction of sp³-hybridized carbons (Fsp3) is 0.188. The van der Waals surface area contributed by atoms with Crippen molar-refractivity contribution in [3.05, 3.63) is 71.8 Å². The molecule has 0 radical (unpaired) electrons. The number of alkyl halides is 1. The second-order valence-electron chi connectivity index (χ2n) is 4.74. The van der Waals surface area contributed by atoms with Gasteiger partial charge in [-0.2, -0.15) is 0 Å². The Balaban J connectivity index is 1.93. The third kappa shape index (κ3) is 2.09. The normalized spacial score (nSPS) is 25.4. The van der Waals surface area contributed by atoms with Gasteiger partial charge in [-0.15, -0.1) is 11.6 Å². The fourth-order valence-electron chi connectivity index (χ4n) is 2.44. The van der Waals surface area contributed by atoms with Crippen molar-refractivity contribution in [1.29, 1.82) is 0 Å². The molecule has 0 aromatic heterocycles. The molecule has 0 amide bonds. The van der Waals surface area contributed by atoms with Crippen molar-refractivity contribution in [3.63, 3.8) is 0 Å². The smallest absolute Gasteiger partial charge is 0.140 e. The number of benzene rings is 2. The van der Waals surface area contributed by atoms with E-state index >= 15 is 0 Å². The maximum absolute atomic E-state index is 9.33. The Morgan fingerprint density at radius 2 is 1.70 bits per heavy atom. The molecule has 2 aromatic carbocycles. The molecular weight excluding hydrogens is 274 g/mol. The lowest BCUT2D eigenvalue weighted by Gasteiger charge is -2.10. The number of hydrogen-bond donors (Lipinski definition) is 1. The predicted octanol–water partition coefficient (Wildman–Crippen LogP) is 3.40. The molecule has 0 aliphatic carbocycles. The first-order valence-electron chi connectivity index (χ1n) is 6.38. The van der Waals surface area contributed by atoms with Crippen LogP contribution in [0, 0.1) is 0 Å². The number of epoxide rings is 1. The summed E-state index contributed by atoms with van der Waals surface area (Å²) < 4.78 is 5.82. The Labute approximate surface area is 122 Å². The first-order valence-corrected chi connectivity index (χ1v) is 6.92. The number of hydrogen-bond acceptors (Lipinski definition) is 3. The summed E-state index contributed by atoms with van der Waals surface area (Å²) in [5, 5.41) is 12.8. The van der Waals surface area contributed by atoms with Gasteiger partial charge >= 0.3 is 0 Å². The number of oxime groups is 1. The van der Waals surface area contributed by atoms with Crippen molar-refractivity contribution in [2.24, 2.45) is 5.16 Å². The van der Waals surface area contributed by atoms with Crippen LogP contribution in [0.1, 0.15) is 11.1 Å². The van der Waals surface area contributed by atoms with Crippen LogP contribution in [0.25, 0.3) is 0 Å². The lowest BCUT2D eigenvalue weighted by molar-refractivity contribution is 0.309. The van der Waals surface area contributed by atoms with Crippen LogP contribution in [-0.2, 0) is 10.3 Å². The van der Waals surface area contributed by atoms with Gasteiger partial charge in [0.1, 0.15) is 17.4 Å². The van der Waals surface area contributed by atoms with Crippen LogP contribution in [0.5, 0.6) is 0 Å². The Kier molecular flexibility index (Phi) is 3.47.